The van der Waals surface area contributed by atoms with E-state index in [1.54, 1.807) is 6.07 Å². The lowest BCUT2D eigenvalue weighted by molar-refractivity contribution is 0.495. The van der Waals surface area contributed by atoms with Gasteiger partial charge in [-0.2, -0.15) is 0 Å². The van der Waals surface area contributed by atoms with Gasteiger partial charge in [-0.25, -0.2) is 4.39 Å². The van der Waals surface area contributed by atoms with E-state index in [0.29, 0.717) is 12.6 Å². The van der Waals surface area contributed by atoms with Crippen LogP contribution >= 0.6 is 0 Å². The van der Waals surface area contributed by atoms with Crippen LogP contribution in [0.4, 0.5) is 4.39 Å². The largest absolute Gasteiger partial charge is 0.349 e. The normalized spacial score (nSPS) is 16.3. The fraction of sp³-hybridized carbons (Fsp3) is 0.412. The molecular weight excluding hydrogens is 251 g/mol. The van der Waals surface area contributed by atoms with Crippen LogP contribution in [-0.4, -0.2) is 11.1 Å². The highest BCUT2D eigenvalue weighted by atomic mass is 19.1. The highest BCUT2D eigenvalue weighted by molar-refractivity contribution is 5.22. The van der Waals surface area contributed by atoms with Crippen molar-refractivity contribution in [3.05, 3.63) is 59.7 Å². The summed E-state index contributed by atoms with van der Waals surface area (Å²) in [5.74, 6) is 0.646. The second-order valence-corrected chi connectivity index (χ2v) is 5.58. The van der Waals surface area contributed by atoms with Crippen LogP contribution in [0, 0.1) is 11.7 Å². The zero-order chi connectivity index (χ0) is 13.9. The molecule has 1 heterocycles. The van der Waals surface area contributed by atoms with E-state index >= 15 is 0 Å². The van der Waals surface area contributed by atoms with E-state index in [2.05, 4.69) is 35.3 Å². The van der Waals surface area contributed by atoms with Gasteiger partial charge < -0.3 is 9.88 Å². The fourth-order valence-electron chi connectivity index (χ4n) is 2.77. The lowest BCUT2D eigenvalue weighted by atomic mass is 10.1. The molecule has 0 aliphatic heterocycles. The molecule has 1 aliphatic carbocycles. The number of halogens is 1. The van der Waals surface area contributed by atoms with Crippen LogP contribution in [0.15, 0.2) is 42.7 Å². The zero-order valence-corrected chi connectivity index (χ0v) is 11.8. The molecule has 20 heavy (non-hydrogen) atoms. The minimum atomic E-state index is -0.131. The molecule has 1 aliphatic rings. The lowest BCUT2D eigenvalue weighted by Gasteiger charge is -2.15. The van der Waals surface area contributed by atoms with Crippen LogP contribution in [0.1, 0.15) is 36.9 Å². The SMILES string of the molecule is CCNC(c1ccn(Cc2ccccc2F)c1)C1CC1. The molecule has 0 saturated heterocycles. The summed E-state index contributed by atoms with van der Waals surface area (Å²) in [6, 6.07) is 9.60. The van der Waals surface area contributed by atoms with Crippen molar-refractivity contribution in [2.24, 2.45) is 5.92 Å². The third-order valence-corrected chi connectivity index (χ3v) is 3.96. The summed E-state index contributed by atoms with van der Waals surface area (Å²) < 4.78 is 15.7. The average Bonchev–Trinajstić information content (AvgIpc) is 3.18. The van der Waals surface area contributed by atoms with Crippen molar-refractivity contribution in [2.45, 2.75) is 32.4 Å². The summed E-state index contributed by atoms with van der Waals surface area (Å²) in [7, 11) is 0. The number of hydrogen-bond acceptors (Lipinski definition) is 1. The van der Waals surface area contributed by atoms with E-state index in [4.69, 9.17) is 0 Å². The Hall–Kier alpha value is -1.61. The molecule has 1 saturated carbocycles. The number of aromatic nitrogens is 1. The molecule has 1 N–H and O–H groups in total. The number of benzene rings is 1. The van der Waals surface area contributed by atoms with E-state index < -0.39 is 0 Å². The van der Waals surface area contributed by atoms with Gasteiger partial charge in [0.2, 0.25) is 0 Å². The topological polar surface area (TPSA) is 17.0 Å². The van der Waals surface area contributed by atoms with Crippen molar-refractivity contribution < 1.29 is 4.39 Å². The summed E-state index contributed by atoms with van der Waals surface area (Å²) in [4.78, 5) is 0. The summed E-state index contributed by atoms with van der Waals surface area (Å²) in [5, 5.41) is 3.56. The molecule has 1 aromatic heterocycles. The third-order valence-electron chi connectivity index (χ3n) is 3.96. The van der Waals surface area contributed by atoms with Crippen LogP contribution in [0.2, 0.25) is 0 Å². The highest BCUT2D eigenvalue weighted by Crippen LogP contribution is 2.41. The van der Waals surface area contributed by atoms with Crippen molar-refractivity contribution in [1.29, 1.82) is 0 Å². The van der Waals surface area contributed by atoms with Gasteiger partial charge in [-0.1, -0.05) is 25.1 Å². The number of rotatable bonds is 6. The molecule has 1 fully saturated rings. The highest BCUT2D eigenvalue weighted by Gasteiger charge is 2.31. The van der Waals surface area contributed by atoms with Gasteiger partial charge in [-0.3, -0.25) is 0 Å². The van der Waals surface area contributed by atoms with Crippen molar-refractivity contribution in [1.82, 2.24) is 9.88 Å². The molecule has 2 nitrogen and oxygen atoms in total. The molecule has 2 aromatic rings. The summed E-state index contributed by atoms with van der Waals surface area (Å²) in [6.45, 7) is 3.72. The van der Waals surface area contributed by atoms with Gasteiger partial charge in [0, 0.05) is 30.5 Å². The Bertz CT molecular complexity index is 572. The first-order valence-electron chi connectivity index (χ1n) is 7.40. The third kappa shape index (κ3) is 2.93. The van der Waals surface area contributed by atoms with Crippen LogP contribution in [0.25, 0.3) is 0 Å². The molecule has 0 amide bonds. The Morgan fingerprint density at radius 1 is 1.30 bits per heavy atom. The Morgan fingerprint density at radius 2 is 2.10 bits per heavy atom. The minimum absolute atomic E-state index is 0.131. The van der Waals surface area contributed by atoms with Gasteiger partial charge in [-0.15, -0.1) is 0 Å². The van der Waals surface area contributed by atoms with E-state index in [1.807, 2.05) is 12.1 Å². The molecule has 3 rings (SSSR count). The zero-order valence-electron chi connectivity index (χ0n) is 11.8. The van der Waals surface area contributed by atoms with E-state index in [1.165, 1.54) is 24.5 Å². The predicted molar refractivity (Wildman–Crippen MR) is 79.1 cm³/mol. The predicted octanol–water partition coefficient (Wildman–Crippen LogP) is 3.74. The van der Waals surface area contributed by atoms with Crippen molar-refractivity contribution in [3.63, 3.8) is 0 Å². The minimum Gasteiger partial charge on any atom is -0.349 e. The van der Waals surface area contributed by atoms with Crippen LogP contribution in [0.3, 0.4) is 0 Å². The monoisotopic (exact) mass is 272 g/mol. The second kappa shape index (κ2) is 5.80. The molecule has 0 radical (unpaired) electrons. The van der Waals surface area contributed by atoms with E-state index in [9.17, 15) is 4.39 Å². The lowest BCUT2D eigenvalue weighted by Crippen LogP contribution is -2.22. The maximum Gasteiger partial charge on any atom is 0.128 e. The maximum atomic E-state index is 13.7. The smallest absolute Gasteiger partial charge is 0.128 e. The maximum absolute atomic E-state index is 13.7. The number of nitrogens with zero attached hydrogens (tertiary/aromatic N) is 1. The van der Waals surface area contributed by atoms with E-state index in [-0.39, 0.29) is 5.82 Å². The molecule has 1 unspecified atom stereocenters. The first kappa shape index (κ1) is 13.4. The molecule has 1 atom stereocenters. The standard InChI is InChI=1S/C17H21FN2/c1-2-19-17(13-7-8-13)15-9-10-20(12-15)11-14-5-3-4-6-16(14)18/h3-6,9-10,12-13,17,19H,2,7-8,11H2,1H3. The number of nitrogens with one attached hydrogen (secondary N) is 1. The first-order valence-corrected chi connectivity index (χ1v) is 7.40. The van der Waals surface area contributed by atoms with Gasteiger partial charge in [0.25, 0.3) is 0 Å². The Morgan fingerprint density at radius 3 is 2.80 bits per heavy atom. The number of hydrogen-bond donors (Lipinski definition) is 1. The fourth-order valence-corrected chi connectivity index (χ4v) is 2.77. The van der Waals surface area contributed by atoms with Crippen LogP contribution in [-0.2, 0) is 6.54 Å². The first-order chi connectivity index (χ1) is 9.78. The Balaban J connectivity index is 1.74. The summed E-state index contributed by atoms with van der Waals surface area (Å²) in [6.07, 6.45) is 6.83. The van der Waals surface area contributed by atoms with Gasteiger partial charge in [0.1, 0.15) is 5.82 Å². The summed E-state index contributed by atoms with van der Waals surface area (Å²) >= 11 is 0. The molecule has 0 spiro atoms. The van der Waals surface area contributed by atoms with Crippen molar-refractivity contribution in [2.75, 3.05) is 6.54 Å². The van der Waals surface area contributed by atoms with Crippen LogP contribution < -0.4 is 5.32 Å². The quantitative estimate of drug-likeness (QED) is 0.847. The van der Waals surface area contributed by atoms with Crippen molar-refractivity contribution >= 4 is 0 Å². The molecule has 106 valence electrons. The van der Waals surface area contributed by atoms with Crippen LogP contribution in [0.5, 0.6) is 0 Å². The van der Waals surface area contributed by atoms with Crippen molar-refractivity contribution in [3.8, 4) is 0 Å². The van der Waals surface area contributed by atoms with E-state index in [0.717, 1.165) is 18.0 Å². The van der Waals surface area contributed by atoms with Gasteiger partial charge in [-0.05, 0) is 43.0 Å². The second-order valence-electron chi connectivity index (χ2n) is 5.58. The Kier molecular flexibility index (Phi) is 3.88. The average molecular weight is 272 g/mol. The molecule has 1 aromatic carbocycles. The molecule has 3 heteroatoms. The molecule has 0 bridgehead atoms. The Labute approximate surface area is 119 Å². The molecular formula is C17H21FN2. The van der Waals surface area contributed by atoms with Gasteiger partial charge in [0.15, 0.2) is 0 Å². The summed E-state index contributed by atoms with van der Waals surface area (Å²) in [5.41, 5.74) is 2.06. The van der Waals surface area contributed by atoms with Gasteiger partial charge in [0.05, 0.1) is 0 Å². The van der Waals surface area contributed by atoms with Gasteiger partial charge >= 0.3 is 0 Å².